The molecule has 0 aromatic heterocycles. The minimum Gasteiger partial charge on any atom is -0.240 e. The molecule has 3 nitrogen and oxygen atoms in total. The molecule has 2 spiro atoms. The van der Waals surface area contributed by atoms with Crippen molar-refractivity contribution in [2.75, 3.05) is 7.05 Å². The van der Waals surface area contributed by atoms with Gasteiger partial charge in [-0.25, -0.2) is 14.9 Å². The van der Waals surface area contributed by atoms with Crippen LogP contribution in [-0.4, -0.2) is 17.9 Å². The fraction of sp³-hybridized carbons (Fsp3) is 0.435. The first-order chi connectivity index (χ1) is 12.5. The lowest BCUT2D eigenvalue weighted by Gasteiger charge is -2.40. The molecule has 1 aliphatic heterocycles. The topological polar surface area (TPSA) is 24.8 Å². The van der Waals surface area contributed by atoms with Gasteiger partial charge in [0, 0.05) is 18.0 Å². The fourth-order valence-corrected chi connectivity index (χ4v) is 5.27. The molecule has 0 radical (unpaired) electrons. The van der Waals surface area contributed by atoms with Crippen LogP contribution in [0.3, 0.4) is 0 Å². The third-order valence-electron chi connectivity index (χ3n) is 6.79. The van der Waals surface area contributed by atoms with Crippen molar-refractivity contribution in [1.29, 1.82) is 0 Å². The van der Waals surface area contributed by atoms with Crippen molar-refractivity contribution in [1.82, 2.24) is 5.06 Å². The van der Waals surface area contributed by atoms with Crippen molar-refractivity contribution < 1.29 is 4.84 Å². The van der Waals surface area contributed by atoms with E-state index < -0.39 is 5.72 Å². The maximum atomic E-state index is 6.58. The van der Waals surface area contributed by atoms with Crippen molar-refractivity contribution in [2.45, 2.75) is 51.7 Å². The average Bonchev–Trinajstić information content (AvgIpc) is 2.98. The summed E-state index contributed by atoms with van der Waals surface area (Å²) in [6.07, 6.45) is 5.49. The summed E-state index contributed by atoms with van der Waals surface area (Å²) in [5.41, 5.74) is 6.43. The highest BCUT2D eigenvalue weighted by Crippen LogP contribution is 2.61. The van der Waals surface area contributed by atoms with Gasteiger partial charge in [-0.3, -0.25) is 0 Å². The van der Waals surface area contributed by atoms with E-state index in [0.29, 0.717) is 0 Å². The second-order valence-corrected chi connectivity index (χ2v) is 8.28. The minimum atomic E-state index is -0.560. The van der Waals surface area contributed by atoms with Gasteiger partial charge >= 0.3 is 0 Å². The molecule has 0 amide bonds. The van der Waals surface area contributed by atoms with Gasteiger partial charge in [0.15, 0.2) is 0 Å². The van der Waals surface area contributed by atoms with Crippen LogP contribution < -0.4 is 0 Å². The predicted octanol–water partition coefficient (Wildman–Crippen LogP) is 4.56. The van der Waals surface area contributed by atoms with Crippen LogP contribution in [0.4, 0.5) is 0 Å². The van der Waals surface area contributed by atoms with Crippen LogP contribution in [0.2, 0.25) is 0 Å². The number of hydrogen-bond donors (Lipinski definition) is 0. The molecular formula is C23H26N2O. The van der Waals surface area contributed by atoms with E-state index in [1.807, 2.05) is 12.1 Å². The minimum absolute atomic E-state index is 0.0220. The summed E-state index contributed by atoms with van der Waals surface area (Å²) in [5, 5.41) is 1.87. The van der Waals surface area contributed by atoms with Gasteiger partial charge in [0.1, 0.15) is 5.84 Å². The zero-order chi connectivity index (χ0) is 17.9. The highest BCUT2D eigenvalue weighted by molar-refractivity contribution is 5.80. The summed E-state index contributed by atoms with van der Waals surface area (Å²) in [5.74, 6) is 0.973. The lowest BCUT2D eigenvalue weighted by atomic mass is 9.71. The Balaban J connectivity index is 1.66. The Morgan fingerprint density at radius 3 is 2.27 bits per heavy atom. The third kappa shape index (κ3) is 2.07. The number of rotatable bonds is 0. The Hall–Kier alpha value is -2.13. The van der Waals surface area contributed by atoms with E-state index in [4.69, 9.17) is 9.83 Å². The van der Waals surface area contributed by atoms with Gasteiger partial charge in [0.05, 0.1) is 0 Å². The van der Waals surface area contributed by atoms with Crippen molar-refractivity contribution in [3.05, 3.63) is 70.3 Å². The molecule has 2 aromatic carbocycles. The summed E-state index contributed by atoms with van der Waals surface area (Å²) in [4.78, 5) is 11.8. The zero-order valence-corrected chi connectivity index (χ0v) is 15.9. The number of amidine groups is 1. The zero-order valence-electron chi connectivity index (χ0n) is 15.9. The Morgan fingerprint density at radius 2 is 1.65 bits per heavy atom. The highest BCUT2D eigenvalue weighted by Gasteiger charge is 2.62. The second-order valence-electron chi connectivity index (χ2n) is 8.28. The van der Waals surface area contributed by atoms with Gasteiger partial charge < -0.3 is 0 Å². The highest BCUT2D eigenvalue weighted by atomic mass is 16.7. The van der Waals surface area contributed by atoms with Gasteiger partial charge in [-0.15, -0.1) is 0 Å². The second kappa shape index (κ2) is 5.43. The first-order valence-corrected chi connectivity index (χ1v) is 9.69. The summed E-state index contributed by atoms with van der Waals surface area (Å²) < 4.78 is 0. The standard InChI is InChI=1S/C23H26N2O/c1-16-8-9-20-15-22(12-10-18-6-4-5-7-19(18)11-13-22)23(21(20)14-16)24-17(2)25(3)26-23/h4-9,14H,10-13,15H2,1-3H3. The van der Waals surface area contributed by atoms with Crippen LogP contribution >= 0.6 is 0 Å². The molecule has 0 N–H and O–H groups in total. The molecule has 3 aliphatic rings. The monoisotopic (exact) mass is 346 g/mol. The Labute approximate surface area is 155 Å². The first kappa shape index (κ1) is 16.1. The van der Waals surface area contributed by atoms with Crippen LogP contribution in [0.5, 0.6) is 0 Å². The van der Waals surface area contributed by atoms with Crippen molar-refractivity contribution in [3.63, 3.8) is 0 Å². The number of hydrogen-bond acceptors (Lipinski definition) is 3. The summed E-state index contributed by atoms with van der Waals surface area (Å²) >= 11 is 0. The SMILES string of the molecule is CC1=NC2(ON1C)c1cc(C)ccc1CC21CCc2ccccc2CC1. The smallest absolute Gasteiger partial charge is 0.218 e. The number of aryl methyl sites for hydroxylation is 3. The van der Waals surface area contributed by atoms with Crippen LogP contribution in [0.1, 0.15) is 47.6 Å². The number of nitrogens with zero attached hydrogens (tertiary/aromatic N) is 2. The third-order valence-corrected chi connectivity index (χ3v) is 6.79. The van der Waals surface area contributed by atoms with Gasteiger partial charge in [-0.05, 0) is 62.6 Å². The van der Waals surface area contributed by atoms with Crippen LogP contribution in [-0.2, 0) is 29.8 Å². The number of benzene rings is 2. The van der Waals surface area contributed by atoms with Crippen molar-refractivity contribution in [3.8, 4) is 0 Å². The average molecular weight is 346 g/mol. The van der Waals surface area contributed by atoms with Crippen LogP contribution in [0.25, 0.3) is 0 Å². The lowest BCUT2D eigenvalue weighted by molar-refractivity contribution is -0.224. The molecule has 1 heterocycles. The molecule has 1 unspecified atom stereocenters. The van der Waals surface area contributed by atoms with E-state index >= 15 is 0 Å². The largest absolute Gasteiger partial charge is 0.240 e. The van der Waals surface area contributed by atoms with E-state index in [2.05, 4.69) is 56.3 Å². The van der Waals surface area contributed by atoms with E-state index in [-0.39, 0.29) is 5.41 Å². The van der Waals surface area contributed by atoms with Crippen LogP contribution in [0.15, 0.2) is 47.5 Å². The lowest BCUT2D eigenvalue weighted by Crippen LogP contribution is -2.43. The van der Waals surface area contributed by atoms with Gasteiger partial charge in [-0.1, -0.05) is 48.0 Å². The van der Waals surface area contributed by atoms with Crippen LogP contribution in [0, 0.1) is 12.3 Å². The van der Waals surface area contributed by atoms with Gasteiger partial charge in [0.2, 0.25) is 5.72 Å². The Morgan fingerprint density at radius 1 is 0.962 bits per heavy atom. The summed E-state index contributed by atoms with van der Waals surface area (Å²) in [6.45, 7) is 4.22. The van der Waals surface area contributed by atoms with E-state index in [1.165, 1.54) is 27.8 Å². The Kier molecular flexibility index (Phi) is 3.36. The fourth-order valence-electron chi connectivity index (χ4n) is 5.27. The number of fused-ring (bicyclic) bond motifs is 4. The molecule has 0 saturated heterocycles. The maximum Gasteiger partial charge on any atom is 0.218 e. The molecule has 0 saturated carbocycles. The predicted molar refractivity (Wildman–Crippen MR) is 104 cm³/mol. The molecule has 1 atom stereocenters. The normalized spacial score (nSPS) is 26.0. The van der Waals surface area contributed by atoms with Crippen molar-refractivity contribution >= 4 is 5.84 Å². The molecule has 2 aliphatic carbocycles. The molecule has 26 heavy (non-hydrogen) atoms. The number of aliphatic imine (C=N–C) groups is 1. The van der Waals surface area contributed by atoms with Crippen molar-refractivity contribution in [2.24, 2.45) is 10.4 Å². The Bertz CT molecular complexity index is 889. The molecule has 2 aromatic rings. The summed E-state index contributed by atoms with van der Waals surface area (Å²) in [7, 11) is 1.99. The van der Waals surface area contributed by atoms with Gasteiger partial charge in [-0.2, -0.15) is 0 Å². The first-order valence-electron chi connectivity index (χ1n) is 9.69. The van der Waals surface area contributed by atoms with E-state index in [9.17, 15) is 0 Å². The molecule has 3 heteroatoms. The molecule has 0 fully saturated rings. The van der Waals surface area contributed by atoms with Gasteiger partial charge in [0.25, 0.3) is 0 Å². The van der Waals surface area contributed by atoms with E-state index in [1.54, 1.807) is 0 Å². The maximum absolute atomic E-state index is 6.58. The molecule has 0 bridgehead atoms. The summed E-state index contributed by atoms with van der Waals surface area (Å²) in [6, 6.07) is 15.8. The molecule has 134 valence electrons. The molecular weight excluding hydrogens is 320 g/mol. The number of hydroxylamine groups is 2. The molecule has 5 rings (SSSR count). The van der Waals surface area contributed by atoms with E-state index in [0.717, 1.165) is 37.9 Å². The quantitative estimate of drug-likeness (QED) is 0.698.